The van der Waals surface area contributed by atoms with Crippen LogP contribution in [0.4, 0.5) is 0 Å². The summed E-state index contributed by atoms with van der Waals surface area (Å²) in [7, 11) is 0. The molecule has 0 radical (unpaired) electrons. The van der Waals surface area contributed by atoms with Gasteiger partial charge in [-0.05, 0) is 36.8 Å². The largest absolute Gasteiger partial charge is 0.311 e. The maximum Gasteiger partial charge on any atom is 0.0281 e. The van der Waals surface area contributed by atoms with Gasteiger partial charge in [0.1, 0.15) is 0 Å². The summed E-state index contributed by atoms with van der Waals surface area (Å²) >= 11 is 0. The molecule has 2 nitrogen and oxygen atoms in total. The van der Waals surface area contributed by atoms with Crippen molar-refractivity contribution in [3.63, 3.8) is 0 Å². The van der Waals surface area contributed by atoms with Gasteiger partial charge >= 0.3 is 0 Å². The highest BCUT2D eigenvalue weighted by atomic mass is 15.3. The highest BCUT2D eigenvalue weighted by Crippen LogP contribution is 2.25. The molecule has 2 heteroatoms. The fourth-order valence-corrected chi connectivity index (χ4v) is 2.97. The number of rotatable bonds is 3. The quantitative estimate of drug-likeness (QED) is 0.906. The Balaban J connectivity index is 2.09. The van der Waals surface area contributed by atoms with E-state index < -0.39 is 0 Å². The van der Waals surface area contributed by atoms with Crippen molar-refractivity contribution in [3.05, 3.63) is 35.4 Å². The van der Waals surface area contributed by atoms with Crippen molar-refractivity contribution in [3.8, 4) is 0 Å². The van der Waals surface area contributed by atoms with Crippen LogP contribution in [-0.4, -0.2) is 29.6 Å². The van der Waals surface area contributed by atoms with E-state index in [0.29, 0.717) is 6.04 Å². The summed E-state index contributed by atoms with van der Waals surface area (Å²) in [5.41, 5.74) is 3.30. The fourth-order valence-electron chi connectivity index (χ4n) is 2.97. The summed E-state index contributed by atoms with van der Waals surface area (Å²) in [5, 5.41) is 3.66. The zero-order valence-electron chi connectivity index (χ0n) is 14.7. The third-order valence-corrected chi connectivity index (χ3v) is 4.81. The molecule has 0 aromatic heterocycles. The van der Waals surface area contributed by atoms with Crippen LogP contribution in [0.3, 0.4) is 0 Å². The van der Waals surface area contributed by atoms with Crippen LogP contribution in [0.1, 0.15) is 59.1 Å². The van der Waals surface area contributed by atoms with Crippen molar-refractivity contribution in [2.75, 3.05) is 13.1 Å². The molecule has 0 saturated carbocycles. The first-order valence-corrected chi connectivity index (χ1v) is 8.30. The smallest absolute Gasteiger partial charge is 0.0281 e. The average molecular weight is 288 g/mol. The van der Waals surface area contributed by atoms with E-state index in [9.17, 15) is 0 Å². The molecule has 0 aliphatic carbocycles. The van der Waals surface area contributed by atoms with Crippen molar-refractivity contribution < 1.29 is 0 Å². The monoisotopic (exact) mass is 288 g/mol. The summed E-state index contributed by atoms with van der Waals surface area (Å²) in [6.45, 7) is 17.0. The molecular formula is C19H32N2. The minimum absolute atomic E-state index is 0.231. The maximum atomic E-state index is 3.66. The fraction of sp³-hybridized carbons (Fsp3) is 0.684. The van der Waals surface area contributed by atoms with E-state index in [1.165, 1.54) is 17.5 Å². The molecule has 0 bridgehead atoms. The van der Waals surface area contributed by atoms with Gasteiger partial charge in [-0.2, -0.15) is 0 Å². The van der Waals surface area contributed by atoms with Gasteiger partial charge in [0.2, 0.25) is 0 Å². The molecule has 118 valence electrons. The van der Waals surface area contributed by atoms with E-state index in [0.717, 1.165) is 19.6 Å². The van der Waals surface area contributed by atoms with E-state index in [2.05, 4.69) is 76.0 Å². The Morgan fingerprint density at radius 2 is 1.81 bits per heavy atom. The molecule has 2 rings (SSSR count). The molecule has 21 heavy (non-hydrogen) atoms. The molecule has 1 saturated heterocycles. The third-order valence-electron chi connectivity index (χ3n) is 4.81. The van der Waals surface area contributed by atoms with E-state index in [1.807, 2.05) is 0 Å². The standard InChI is InChI=1S/C19H32N2/c1-7-17-13-21(19(5,6)14-20-17)12-15-8-10-16(11-9-15)18(2,3)4/h8-11,17,20H,7,12-14H2,1-6H3. The van der Waals surface area contributed by atoms with Crippen molar-refractivity contribution in [2.24, 2.45) is 0 Å². The SMILES string of the molecule is CCC1CN(Cc2ccc(C(C)(C)C)cc2)C(C)(C)CN1. The van der Waals surface area contributed by atoms with Gasteiger partial charge in [0.15, 0.2) is 0 Å². The van der Waals surface area contributed by atoms with Gasteiger partial charge in [-0.25, -0.2) is 0 Å². The Morgan fingerprint density at radius 3 is 2.33 bits per heavy atom. The normalized spacial score (nSPS) is 23.2. The van der Waals surface area contributed by atoms with Gasteiger partial charge in [-0.15, -0.1) is 0 Å². The predicted octanol–water partition coefficient (Wildman–Crippen LogP) is 3.95. The van der Waals surface area contributed by atoms with E-state index >= 15 is 0 Å². The summed E-state index contributed by atoms with van der Waals surface area (Å²) in [5.74, 6) is 0. The zero-order chi connectivity index (χ0) is 15.7. The summed E-state index contributed by atoms with van der Waals surface area (Å²) in [4.78, 5) is 2.63. The number of piperazine rings is 1. The van der Waals surface area contributed by atoms with Crippen molar-refractivity contribution >= 4 is 0 Å². The Kier molecular flexibility index (Phi) is 4.79. The molecule has 0 amide bonds. The Hall–Kier alpha value is -0.860. The van der Waals surface area contributed by atoms with Crippen LogP contribution in [0, 0.1) is 0 Å². The first-order valence-electron chi connectivity index (χ1n) is 8.30. The molecule has 1 aromatic rings. The minimum atomic E-state index is 0.231. The van der Waals surface area contributed by atoms with E-state index in [1.54, 1.807) is 0 Å². The second kappa shape index (κ2) is 6.10. The molecule has 1 unspecified atom stereocenters. The lowest BCUT2D eigenvalue weighted by Crippen LogP contribution is -2.61. The second-order valence-electron chi connectivity index (χ2n) is 8.13. The van der Waals surface area contributed by atoms with Crippen LogP contribution in [0.25, 0.3) is 0 Å². The Labute approximate surface area is 130 Å². The lowest BCUT2D eigenvalue weighted by molar-refractivity contribution is 0.0577. The first-order chi connectivity index (χ1) is 9.72. The lowest BCUT2D eigenvalue weighted by Gasteiger charge is -2.46. The second-order valence-corrected chi connectivity index (χ2v) is 8.13. The van der Waals surface area contributed by atoms with Crippen LogP contribution in [0.5, 0.6) is 0 Å². The van der Waals surface area contributed by atoms with Gasteiger partial charge < -0.3 is 5.32 Å². The lowest BCUT2D eigenvalue weighted by atomic mass is 9.86. The molecule has 0 spiro atoms. The summed E-state index contributed by atoms with van der Waals surface area (Å²) < 4.78 is 0. The van der Waals surface area contributed by atoms with Gasteiger partial charge in [0.25, 0.3) is 0 Å². The van der Waals surface area contributed by atoms with Crippen LogP contribution in [0.2, 0.25) is 0 Å². The van der Waals surface area contributed by atoms with Gasteiger partial charge in [0.05, 0.1) is 0 Å². The van der Waals surface area contributed by atoms with Crippen LogP contribution >= 0.6 is 0 Å². The van der Waals surface area contributed by atoms with Gasteiger partial charge in [-0.1, -0.05) is 52.0 Å². The first kappa shape index (κ1) is 16.5. The van der Waals surface area contributed by atoms with E-state index in [-0.39, 0.29) is 11.0 Å². The van der Waals surface area contributed by atoms with Crippen LogP contribution in [-0.2, 0) is 12.0 Å². The molecule has 1 heterocycles. The summed E-state index contributed by atoms with van der Waals surface area (Å²) in [6, 6.07) is 9.83. The highest BCUT2D eigenvalue weighted by molar-refractivity contribution is 5.27. The molecule has 1 fully saturated rings. The zero-order valence-corrected chi connectivity index (χ0v) is 14.7. The third kappa shape index (κ3) is 4.08. The predicted molar refractivity (Wildman–Crippen MR) is 91.7 cm³/mol. The molecule has 1 atom stereocenters. The molecule has 1 aliphatic rings. The topological polar surface area (TPSA) is 15.3 Å². The molecule has 1 aliphatic heterocycles. The molecule has 1 aromatic carbocycles. The van der Waals surface area contributed by atoms with Crippen LogP contribution < -0.4 is 5.32 Å². The number of nitrogens with one attached hydrogen (secondary N) is 1. The maximum absolute atomic E-state index is 3.66. The van der Waals surface area contributed by atoms with Crippen molar-refractivity contribution in [1.29, 1.82) is 0 Å². The number of hydrogen-bond acceptors (Lipinski definition) is 2. The Morgan fingerprint density at radius 1 is 1.19 bits per heavy atom. The van der Waals surface area contributed by atoms with Crippen molar-refractivity contribution in [2.45, 2.75) is 71.5 Å². The number of nitrogens with zero attached hydrogens (tertiary/aromatic N) is 1. The average Bonchev–Trinajstić information content (AvgIpc) is 2.41. The Bertz CT molecular complexity index is 453. The summed E-state index contributed by atoms with van der Waals surface area (Å²) in [6.07, 6.45) is 1.20. The number of hydrogen-bond donors (Lipinski definition) is 1. The molecule has 1 N–H and O–H groups in total. The van der Waals surface area contributed by atoms with Crippen LogP contribution in [0.15, 0.2) is 24.3 Å². The minimum Gasteiger partial charge on any atom is -0.311 e. The van der Waals surface area contributed by atoms with Crippen molar-refractivity contribution in [1.82, 2.24) is 10.2 Å². The van der Waals surface area contributed by atoms with Gasteiger partial charge in [0, 0.05) is 31.2 Å². The molecular weight excluding hydrogens is 256 g/mol. The highest BCUT2D eigenvalue weighted by Gasteiger charge is 2.33. The van der Waals surface area contributed by atoms with E-state index in [4.69, 9.17) is 0 Å². The number of benzene rings is 1. The van der Waals surface area contributed by atoms with Gasteiger partial charge in [-0.3, -0.25) is 4.90 Å².